The third-order valence-electron chi connectivity index (χ3n) is 2.23. The zero-order chi connectivity index (χ0) is 10.3. The van der Waals surface area contributed by atoms with E-state index in [4.69, 9.17) is 0 Å². The van der Waals surface area contributed by atoms with E-state index in [1.807, 2.05) is 3.11 Å². The van der Waals surface area contributed by atoms with Crippen molar-refractivity contribution >= 4 is 22.9 Å². The quantitative estimate of drug-likeness (QED) is 0.528. The Morgan fingerprint density at radius 2 is 2.00 bits per heavy atom. The predicted molar refractivity (Wildman–Crippen MR) is 53.9 cm³/mol. The molecule has 1 aliphatic rings. The summed E-state index contributed by atoms with van der Waals surface area (Å²) in [6.07, 6.45) is -3.03. The van der Waals surface area contributed by atoms with Crippen LogP contribution in [0.2, 0.25) is 0 Å². The van der Waals surface area contributed by atoms with Gasteiger partial charge in [-0.15, -0.1) is 0 Å². The van der Waals surface area contributed by atoms with E-state index in [1.54, 1.807) is 4.57 Å². The fourth-order valence-corrected chi connectivity index (χ4v) is 2.09. The molecule has 1 aromatic heterocycles. The van der Waals surface area contributed by atoms with Gasteiger partial charge >= 0.3 is 6.18 Å². The molecule has 0 saturated heterocycles. The van der Waals surface area contributed by atoms with Crippen molar-refractivity contribution in [3.8, 4) is 0 Å². The molecule has 78 valence electrons. The molecule has 6 heteroatoms. The predicted octanol–water partition coefficient (Wildman–Crippen LogP) is 2.67. The maximum absolute atomic E-state index is 12.3. The van der Waals surface area contributed by atoms with Crippen molar-refractivity contribution < 1.29 is 13.2 Å². The summed E-state index contributed by atoms with van der Waals surface area (Å²) in [4.78, 5) is 0. The van der Waals surface area contributed by atoms with Gasteiger partial charge in [0.1, 0.15) is 0 Å². The van der Waals surface area contributed by atoms with E-state index in [2.05, 4.69) is 22.9 Å². The van der Waals surface area contributed by atoms with E-state index in [9.17, 15) is 13.2 Å². The maximum atomic E-state index is 12.3. The number of hydrogen-bond donors (Lipinski definition) is 0. The van der Waals surface area contributed by atoms with Crippen LogP contribution in [0.25, 0.3) is 0 Å². The van der Waals surface area contributed by atoms with Gasteiger partial charge in [-0.05, 0) is 6.07 Å². The molecule has 0 radical (unpaired) electrons. The lowest BCUT2D eigenvalue weighted by atomic mass is 10.3. The van der Waals surface area contributed by atoms with Gasteiger partial charge in [0, 0.05) is 54.4 Å². The van der Waals surface area contributed by atoms with Crippen LogP contribution in [0.5, 0.6) is 0 Å². The molecule has 0 amide bonds. The maximum Gasteiger partial charge on any atom is 0.417 e. The minimum Gasteiger partial charge on any atom is -0.348 e. The first kappa shape index (κ1) is 10.3. The van der Waals surface area contributed by atoms with Gasteiger partial charge in [-0.1, -0.05) is 0 Å². The van der Waals surface area contributed by atoms with Crippen molar-refractivity contribution in [2.45, 2.75) is 19.3 Å². The molecule has 0 saturated carbocycles. The van der Waals surface area contributed by atoms with Crippen molar-refractivity contribution in [3.05, 3.63) is 23.5 Å². The fraction of sp³-hybridized carbons (Fsp3) is 0.500. The number of nitrogens with zero attached hydrogens (tertiary/aromatic N) is 2. The Hall–Kier alpha value is -0.240. The molecule has 0 spiro atoms. The molecular formula is C8H8F3IN2. The van der Waals surface area contributed by atoms with Crippen LogP contribution in [0, 0.1) is 0 Å². The number of hydrogen-bond acceptors (Lipinski definition) is 1. The zero-order valence-electron chi connectivity index (χ0n) is 7.18. The van der Waals surface area contributed by atoms with Crippen molar-refractivity contribution in [3.63, 3.8) is 0 Å². The van der Waals surface area contributed by atoms with Crippen molar-refractivity contribution in [2.24, 2.45) is 0 Å². The number of halogens is 4. The van der Waals surface area contributed by atoms with Crippen molar-refractivity contribution in [1.82, 2.24) is 7.68 Å². The Bertz CT molecular complexity index is 345. The van der Waals surface area contributed by atoms with Gasteiger partial charge in [-0.3, -0.25) is 0 Å². The number of rotatable bonds is 0. The van der Waals surface area contributed by atoms with Crippen LogP contribution in [0.3, 0.4) is 0 Å². The Morgan fingerprint density at radius 1 is 1.29 bits per heavy atom. The molecule has 2 rings (SSSR count). The molecule has 0 N–H and O–H groups in total. The average Bonchev–Trinajstić information content (AvgIpc) is 2.45. The van der Waals surface area contributed by atoms with E-state index in [0.29, 0.717) is 13.1 Å². The van der Waals surface area contributed by atoms with E-state index in [0.717, 1.165) is 12.2 Å². The highest BCUT2D eigenvalue weighted by Gasteiger charge is 2.33. The topological polar surface area (TPSA) is 8.17 Å². The summed E-state index contributed by atoms with van der Waals surface area (Å²) >= 11 is 2.12. The van der Waals surface area contributed by atoms with E-state index >= 15 is 0 Å². The summed E-state index contributed by atoms with van der Waals surface area (Å²) in [6.45, 7) is 2.00. The Labute approximate surface area is 93.2 Å². The van der Waals surface area contributed by atoms with Gasteiger partial charge in [0.25, 0.3) is 0 Å². The molecule has 14 heavy (non-hydrogen) atoms. The number of fused-ring (bicyclic) bond motifs is 1. The van der Waals surface area contributed by atoms with Crippen LogP contribution in [0.15, 0.2) is 12.3 Å². The average molecular weight is 316 g/mol. The summed E-state index contributed by atoms with van der Waals surface area (Å²) in [6, 6.07) is 1.23. The molecule has 0 atom stereocenters. The SMILES string of the molecule is FC(F)(F)c1cc2n(c1)CCN(I)C2. The van der Waals surface area contributed by atoms with Crippen molar-refractivity contribution in [2.75, 3.05) is 6.54 Å². The first-order valence-corrected chi connectivity index (χ1v) is 5.10. The number of aromatic nitrogens is 1. The van der Waals surface area contributed by atoms with Gasteiger partial charge in [0.15, 0.2) is 0 Å². The van der Waals surface area contributed by atoms with Crippen LogP contribution in [-0.4, -0.2) is 14.2 Å². The molecular weight excluding hydrogens is 308 g/mol. The van der Waals surface area contributed by atoms with Gasteiger partial charge in [-0.2, -0.15) is 13.2 Å². The van der Waals surface area contributed by atoms with Crippen LogP contribution < -0.4 is 0 Å². The zero-order valence-corrected chi connectivity index (χ0v) is 9.34. The Morgan fingerprint density at radius 3 is 2.64 bits per heavy atom. The Balaban J connectivity index is 2.32. The summed E-state index contributed by atoms with van der Waals surface area (Å²) in [5, 5.41) is 0. The molecule has 0 fully saturated rings. The first-order chi connectivity index (χ1) is 6.47. The highest BCUT2D eigenvalue weighted by atomic mass is 127. The largest absolute Gasteiger partial charge is 0.417 e. The third kappa shape index (κ3) is 1.90. The molecule has 0 bridgehead atoms. The van der Waals surface area contributed by atoms with E-state index in [1.165, 1.54) is 12.3 Å². The normalized spacial score (nSPS) is 18.3. The second-order valence-corrected chi connectivity index (χ2v) is 4.62. The number of alkyl halides is 3. The molecule has 1 aliphatic heterocycles. The summed E-state index contributed by atoms with van der Waals surface area (Å²) in [5.74, 6) is 0. The molecule has 0 unspecified atom stereocenters. The first-order valence-electron chi connectivity index (χ1n) is 4.14. The third-order valence-corrected chi connectivity index (χ3v) is 3.05. The lowest BCUT2D eigenvalue weighted by Crippen LogP contribution is -2.25. The minimum atomic E-state index is -4.22. The smallest absolute Gasteiger partial charge is 0.348 e. The summed E-state index contributed by atoms with van der Waals surface area (Å²) in [5.41, 5.74) is 0.192. The molecule has 1 aromatic rings. The highest BCUT2D eigenvalue weighted by Crippen LogP contribution is 2.32. The minimum absolute atomic E-state index is 0.542. The van der Waals surface area contributed by atoms with E-state index < -0.39 is 11.7 Å². The molecule has 2 nitrogen and oxygen atoms in total. The van der Waals surface area contributed by atoms with Crippen LogP contribution >= 0.6 is 22.9 Å². The Kier molecular flexibility index (Phi) is 2.50. The lowest BCUT2D eigenvalue weighted by molar-refractivity contribution is -0.137. The summed E-state index contributed by atoms with van der Waals surface area (Å²) < 4.78 is 40.7. The fourth-order valence-electron chi connectivity index (χ4n) is 1.52. The lowest BCUT2D eigenvalue weighted by Gasteiger charge is -2.22. The van der Waals surface area contributed by atoms with Crippen molar-refractivity contribution in [1.29, 1.82) is 0 Å². The second kappa shape index (κ2) is 3.41. The summed E-state index contributed by atoms with van der Waals surface area (Å²) in [7, 11) is 0. The van der Waals surface area contributed by atoms with Crippen LogP contribution in [0.1, 0.15) is 11.3 Å². The standard InChI is InChI=1S/C8H8F3IN2/c9-8(10,11)6-3-7-5-14(12)2-1-13(7)4-6/h3-4H,1-2,5H2. The van der Waals surface area contributed by atoms with Gasteiger partial charge in [-0.25, -0.2) is 3.11 Å². The monoisotopic (exact) mass is 316 g/mol. The van der Waals surface area contributed by atoms with Crippen LogP contribution in [-0.2, 0) is 19.3 Å². The van der Waals surface area contributed by atoms with Crippen LogP contribution in [0.4, 0.5) is 13.2 Å². The molecule has 2 heterocycles. The van der Waals surface area contributed by atoms with E-state index in [-0.39, 0.29) is 0 Å². The molecule has 0 aliphatic carbocycles. The molecule has 0 aromatic carbocycles. The van der Waals surface area contributed by atoms with Gasteiger partial charge < -0.3 is 4.57 Å². The van der Waals surface area contributed by atoms with Gasteiger partial charge in [0.2, 0.25) is 0 Å². The second-order valence-electron chi connectivity index (χ2n) is 3.26. The van der Waals surface area contributed by atoms with Gasteiger partial charge in [0.05, 0.1) is 5.56 Å². The highest BCUT2D eigenvalue weighted by molar-refractivity contribution is 14.1.